The zero-order chi connectivity index (χ0) is 11.4. The molecule has 0 spiro atoms. The Bertz CT molecular complexity index is 471. The van der Waals surface area contributed by atoms with Crippen LogP contribution in [0.1, 0.15) is 5.69 Å². The van der Waals surface area contributed by atoms with Crippen molar-refractivity contribution in [3.63, 3.8) is 0 Å². The molecule has 0 saturated carbocycles. The second-order valence-electron chi connectivity index (χ2n) is 3.37. The van der Waals surface area contributed by atoms with Crippen LogP contribution >= 0.6 is 15.9 Å². The zero-order valence-corrected chi connectivity index (χ0v) is 10.1. The Kier molecular flexibility index (Phi) is 3.41. The van der Waals surface area contributed by atoms with Crippen molar-refractivity contribution in [2.24, 2.45) is 0 Å². The van der Waals surface area contributed by atoms with Crippen LogP contribution in [-0.4, -0.2) is 10.1 Å². The van der Waals surface area contributed by atoms with Crippen LogP contribution in [0, 0.1) is 0 Å². The summed E-state index contributed by atoms with van der Waals surface area (Å²) in [6.45, 7) is 0.636. The van der Waals surface area contributed by atoms with Crippen LogP contribution in [-0.2, 0) is 6.54 Å². The van der Waals surface area contributed by atoms with Crippen molar-refractivity contribution in [3.8, 4) is 5.75 Å². The van der Waals surface area contributed by atoms with E-state index in [0.717, 1.165) is 15.9 Å². The van der Waals surface area contributed by atoms with Gasteiger partial charge in [0.05, 0.1) is 18.4 Å². The van der Waals surface area contributed by atoms with Crippen molar-refractivity contribution in [2.45, 2.75) is 6.54 Å². The average molecular weight is 279 g/mol. The van der Waals surface area contributed by atoms with Gasteiger partial charge in [-0.1, -0.05) is 22.0 Å². The summed E-state index contributed by atoms with van der Waals surface area (Å²) in [6, 6.07) is 11.4. The molecule has 3 nitrogen and oxygen atoms in total. The Morgan fingerprint density at radius 2 is 2.12 bits per heavy atom. The molecule has 0 amide bonds. The summed E-state index contributed by atoms with van der Waals surface area (Å²) in [5.74, 6) is 0.186. The SMILES string of the molecule is Oc1ccc(CNc2cccc(Br)c2)nc1. The molecule has 1 aromatic heterocycles. The Morgan fingerprint density at radius 1 is 1.25 bits per heavy atom. The van der Waals surface area contributed by atoms with E-state index in [1.807, 2.05) is 24.3 Å². The van der Waals surface area contributed by atoms with Crippen molar-refractivity contribution in [1.82, 2.24) is 4.98 Å². The number of hydrogen-bond donors (Lipinski definition) is 2. The van der Waals surface area contributed by atoms with Gasteiger partial charge in [0.25, 0.3) is 0 Å². The minimum absolute atomic E-state index is 0.186. The first-order valence-corrected chi connectivity index (χ1v) is 5.67. The fraction of sp³-hybridized carbons (Fsp3) is 0.0833. The molecule has 0 fully saturated rings. The van der Waals surface area contributed by atoms with Crippen LogP contribution < -0.4 is 5.32 Å². The van der Waals surface area contributed by atoms with E-state index in [0.29, 0.717) is 6.54 Å². The summed E-state index contributed by atoms with van der Waals surface area (Å²) in [5, 5.41) is 12.3. The van der Waals surface area contributed by atoms with Crippen LogP contribution in [0.2, 0.25) is 0 Å². The topological polar surface area (TPSA) is 45.1 Å². The number of aromatic hydroxyl groups is 1. The molecule has 1 aromatic carbocycles. The highest BCUT2D eigenvalue weighted by Crippen LogP contribution is 2.16. The van der Waals surface area contributed by atoms with E-state index in [4.69, 9.17) is 5.11 Å². The molecule has 0 aliphatic heterocycles. The number of halogens is 1. The number of hydrogen-bond acceptors (Lipinski definition) is 3. The maximum atomic E-state index is 9.09. The standard InChI is InChI=1S/C12H11BrN2O/c13-9-2-1-3-10(6-9)14-7-11-4-5-12(16)8-15-11/h1-6,8,14,16H,7H2. The number of benzene rings is 1. The minimum Gasteiger partial charge on any atom is -0.506 e. The molecule has 16 heavy (non-hydrogen) atoms. The summed E-state index contributed by atoms with van der Waals surface area (Å²) in [6.07, 6.45) is 1.44. The number of anilines is 1. The Balaban J connectivity index is 1.99. The molecule has 0 atom stereocenters. The van der Waals surface area contributed by atoms with E-state index in [9.17, 15) is 0 Å². The number of pyridine rings is 1. The van der Waals surface area contributed by atoms with Crippen LogP contribution in [0.5, 0.6) is 5.75 Å². The molecular formula is C12H11BrN2O. The molecule has 2 N–H and O–H groups in total. The predicted octanol–water partition coefficient (Wildman–Crippen LogP) is 3.16. The lowest BCUT2D eigenvalue weighted by molar-refractivity contribution is 0.472. The summed E-state index contributed by atoms with van der Waals surface area (Å²) in [5.41, 5.74) is 1.92. The largest absolute Gasteiger partial charge is 0.506 e. The van der Waals surface area contributed by atoms with Crippen molar-refractivity contribution in [2.75, 3.05) is 5.32 Å². The van der Waals surface area contributed by atoms with E-state index < -0.39 is 0 Å². The lowest BCUT2D eigenvalue weighted by atomic mass is 10.3. The van der Waals surface area contributed by atoms with Gasteiger partial charge in [-0.25, -0.2) is 0 Å². The molecule has 0 radical (unpaired) electrons. The van der Waals surface area contributed by atoms with Crippen LogP contribution in [0.15, 0.2) is 47.1 Å². The fourth-order valence-corrected chi connectivity index (χ4v) is 1.71. The maximum Gasteiger partial charge on any atom is 0.133 e. The first kappa shape index (κ1) is 11.0. The second-order valence-corrected chi connectivity index (χ2v) is 4.29. The zero-order valence-electron chi connectivity index (χ0n) is 8.52. The molecule has 0 aliphatic rings. The lowest BCUT2D eigenvalue weighted by Gasteiger charge is -2.06. The highest BCUT2D eigenvalue weighted by Gasteiger charge is 1.96. The van der Waals surface area contributed by atoms with Gasteiger partial charge in [0.1, 0.15) is 5.75 Å². The predicted molar refractivity (Wildman–Crippen MR) is 67.4 cm³/mol. The molecule has 0 unspecified atom stereocenters. The maximum absolute atomic E-state index is 9.09. The van der Waals surface area contributed by atoms with Crippen molar-refractivity contribution in [1.29, 1.82) is 0 Å². The smallest absolute Gasteiger partial charge is 0.133 e. The molecule has 0 bridgehead atoms. The van der Waals surface area contributed by atoms with Gasteiger partial charge >= 0.3 is 0 Å². The van der Waals surface area contributed by atoms with E-state index >= 15 is 0 Å². The van der Waals surface area contributed by atoms with Crippen molar-refractivity contribution >= 4 is 21.6 Å². The van der Waals surface area contributed by atoms with Gasteiger partial charge in [0.15, 0.2) is 0 Å². The Labute approximate surface area is 102 Å². The number of rotatable bonds is 3. The molecular weight excluding hydrogens is 268 g/mol. The quantitative estimate of drug-likeness (QED) is 0.907. The first-order valence-electron chi connectivity index (χ1n) is 4.87. The first-order chi connectivity index (χ1) is 7.74. The normalized spacial score (nSPS) is 10.1. The van der Waals surface area contributed by atoms with E-state index in [-0.39, 0.29) is 5.75 Å². The third kappa shape index (κ3) is 2.97. The highest BCUT2D eigenvalue weighted by molar-refractivity contribution is 9.10. The van der Waals surface area contributed by atoms with Gasteiger partial charge in [0, 0.05) is 10.2 Å². The molecule has 0 saturated heterocycles. The van der Waals surface area contributed by atoms with Gasteiger partial charge in [-0.05, 0) is 30.3 Å². The summed E-state index contributed by atoms with van der Waals surface area (Å²) >= 11 is 3.41. The highest BCUT2D eigenvalue weighted by atomic mass is 79.9. The summed E-state index contributed by atoms with van der Waals surface area (Å²) < 4.78 is 1.04. The van der Waals surface area contributed by atoms with E-state index in [2.05, 4.69) is 26.2 Å². The molecule has 82 valence electrons. The Morgan fingerprint density at radius 3 is 2.81 bits per heavy atom. The van der Waals surface area contributed by atoms with Crippen molar-refractivity contribution in [3.05, 3.63) is 52.8 Å². The van der Waals surface area contributed by atoms with Crippen LogP contribution in [0.3, 0.4) is 0 Å². The fourth-order valence-electron chi connectivity index (χ4n) is 1.31. The molecule has 2 rings (SSSR count). The molecule has 4 heteroatoms. The average Bonchev–Trinajstić information content (AvgIpc) is 2.28. The summed E-state index contributed by atoms with van der Waals surface area (Å²) in [7, 11) is 0. The lowest BCUT2D eigenvalue weighted by Crippen LogP contribution is -2.00. The van der Waals surface area contributed by atoms with Crippen LogP contribution in [0.25, 0.3) is 0 Å². The van der Waals surface area contributed by atoms with Gasteiger partial charge in [-0.15, -0.1) is 0 Å². The van der Waals surface area contributed by atoms with Crippen molar-refractivity contribution < 1.29 is 5.11 Å². The number of aromatic nitrogens is 1. The van der Waals surface area contributed by atoms with Gasteiger partial charge in [-0.2, -0.15) is 0 Å². The van der Waals surface area contributed by atoms with Gasteiger partial charge in [0.2, 0.25) is 0 Å². The van der Waals surface area contributed by atoms with Gasteiger partial charge in [-0.3, -0.25) is 4.98 Å². The minimum atomic E-state index is 0.186. The second kappa shape index (κ2) is 4.99. The van der Waals surface area contributed by atoms with E-state index in [1.165, 1.54) is 6.20 Å². The van der Waals surface area contributed by atoms with Crippen LogP contribution in [0.4, 0.5) is 5.69 Å². The van der Waals surface area contributed by atoms with E-state index in [1.54, 1.807) is 12.1 Å². The molecule has 1 heterocycles. The summed E-state index contributed by atoms with van der Waals surface area (Å²) in [4.78, 5) is 4.09. The number of nitrogens with zero attached hydrogens (tertiary/aromatic N) is 1. The monoisotopic (exact) mass is 278 g/mol. The molecule has 2 aromatic rings. The van der Waals surface area contributed by atoms with Gasteiger partial charge < -0.3 is 10.4 Å². The third-order valence-corrected chi connectivity index (χ3v) is 2.60. The Hall–Kier alpha value is -1.55. The molecule has 0 aliphatic carbocycles. The number of nitrogens with one attached hydrogen (secondary N) is 1. The third-order valence-electron chi connectivity index (χ3n) is 2.11.